The van der Waals surface area contributed by atoms with Gasteiger partial charge in [0.1, 0.15) is 5.75 Å². The Bertz CT molecular complexity index is 436. The average Bonchev–Trinajstić information content (AvgIpc) is 2.41. The molecule has 0 heterocycles. The van der Waals surface area contributed by atoms with Crippen LogP contribution in [0, 0.1) is 0 Å². The van der Waals surface area contributed by atoms with E-state index >= 15 is 0 Å². The van der Waals surface area contributed by atoms with E-state index in [1.165, 1.54) is 0 Å². The number of nitrogens with one attached hydrogen (secondary N) is 2. The number of amides is 2. The Morgan fingerprint density at radius 3 is 2.89 bits per heavy atom. The van der Waals surface area contributed by atoms with Crippen LogP contribution in [0.2, 0.25) is 0 Å². The largest absolute Gasteiger partial charge is 0.497 e. The molecule has 19 heavy (non-hydrogen) atoms. The number of benzene rings is 1. The molecule has 1 aliphatic rings. The zero-order valence-electron chi connectivity index (χ0n) is 11.1. The van der Waals surface area contributed by atoms with Crippen molar-refractivity contribution in [1.82, 2.24) is 5.32 Å². The van der Waals surface area contributed by atoms with E-state index in [1.807, 2.05) is 12.1 Å². The molecule has 104 valence electrons. The monoisotopic (exact) mass is 264 g/mol. The van der Waals surface area contributed by atoms with Gasteiger partial charge in [0.2, 0.25) is 0 Å². The highest BCUT2D eigenvalue weighted by Crippen LogP contribution is 2.19. The molecule has 2 atom stereocenters. The van der Waals surface area contributed by atoms with E-state index in [0.717, 1.165) is 25.7 Å². The van der Waals surface area contributed by atoms with Crippen LogP contribution in [-0.2, 0) is 0 Å². The fourth-order valence-corrected chi connectivity index (χ4v) is 2.32. The Hall–Kier alpha value is -1.75. The van der Waals surface area contributed by atoms with Gasteiger partial charge in [0.05, 0.1) is 19.3 Å². The van der Waals surface area contributed by atoms with Gasteiger partial charge in [-0.2, -0.15) is 0 Å². The minimum Gasteiger partial charge on any atom is -0.497 e. The van der Waals surface area contributed by atoms with Crippen LogP contribution < -0.4 is 15.4 Å². The van der Waals surface area contributed by atoms with Crippen molar-refractivity contribution in [2.24, 2.45) is 0 Å². The number of methoxy groups -OCH3 is 1. The number of hydrogen-bond donors (Lipinski definition) is 3. The molecule has 0 spiro atoms. The van der Waals surface area contributed by atoms with E-state index in [1.54, 1.807) is 19.2 Å². The van der Waals surface area contributed by atoms with Gasteiger partial charge in [0.15, 0.2) is 0 Å². The molecule has 0 aliphatic heterocycles. The quantitative estimate of drug-likeness (QED) is 0.783. The van der Waals surface area contributed by atoms with E-state index in [4.69, 9.17) is 4.74 Å². The summed E-state index contributed by atoms with van der Waals surface area (Å²) in [5.41, 5.74) is 0.669. The van der Waals surface area contributed by atoms with Crippen LogP contribution in [-0.4, -0.2) is 30.4 Å². The number of urea groups is 1. The Morgan fingerprint density at radius 1 is 1.37 bits per heavy atom. The van der Waals surface area contributed by atoms with Crippen molar-refractivity contribution >= 4 is 11.7 Å². The summed E-state index contributed by atoms with van der Waals surface area (Å²) in [7, 11) is 1.58. The molecule has 0 unspecified atom stereocenters. The molecule has 5 nitrogen and oxygen atoms in total. The van der Waals surface area contributed by atoms with Gasteiger partial charge in [-0.15, -0.1) is 0 Å². The first-order valence-electron chi connectivity index (χ1n) is 6.58. The fraction of sp³-hybridized carbons (Fsp3) is 0.500. The SMILES string of the molecule is COc1cccc(NC(=O)N[C@H]2CCCC[C@@H]2O)c1. The molecule has 3 N–H and O–H groups in total. The highest BCUT2D eigenvalue weighted by molar-refractivity contribution is 5.89. The molecule has 0 saturated heterocycles. The minimum atomic E-state index is -0.440. The lowest BCUT2D eigenvalue weighted by Crippen LogP contribution is -2.46. The number of hydrogen-bond acceptors (Lipinski definition) is 3. The molecule has 1 aromatic carbocycles. The van der Waals surface area contributed by atoms with Gasteiger partial charge in [-0.05, 0) is 25.0 Å². The maximum absolute atomic E-state index is 11.9. The van der Waals surface area contributed by atoms with Crippen LogP contribution in [0.1, 0.15) is 25.7 Å². The normalized spacial score (nSPS) is 22.6. The van der Waals surface area contributed by atoms with E-state index in [2.05, 4.69) is 10.6 Å². The molecule has 1 aromatic rings. The smallest absolute Gasteiger partial charge is 0.319 e. The van der Waals surface area contributed by atoms with Crippen molar-refractivity contribution in [2.45, 2.75) is 37.8 Å². The number of rotatable bonds is 3. The van der Waals surface area contributed by atoms with Crippen LogP contribution in [0.15, 0.2) is 24.3 Å². The molecular weight excluding hydrogens is 244 g/mol. The predicted molar refractivity (Wildman–Crippen MR) is 73.4 cm³/mol. The average molecular weight is 264 g/mol. The molecule has 0 radical (unpaired) electrons. The fourth-order valence-electron chi connectivity index (χ4n) is 2.32. The summed E-state index contributed by atoms with van der Waals surface area (Å²) >= 11 is 0. The Morgan fingerprint density at radius 2 is 2.16 bits per heavy atom. The van der Waals surface area contributed by atoms with Crippen LogP contribution in [0.5, 0.6) is 5.75 Å². The number of aliphatic hydroxyl groups excluding tert-OH is 1. The van der Waals surface area contributed by atoms with E-state index in [-0.39, 0.29) is 12.1 Å². The lowest BCUT2D eigenvalue weighted by Gasteiger charge is -2.28. The zero-order chi connectivity index (χ0) is 13.7. The molecule has 1 saturated carbocycles. The summed E-state index contributed by atoms with van der Waals surface area (Å²) in [5.74, 6) is 0.690. The third-order valence-corrected chi connectivity index (χ3v) is 3.37. The second kappa shape index (κ2) is 6.43. The molecular formula is C14H20N2O3. The Balaban J connectivity index is 1.89. The highest BCUT2D eigenvalue weighted by Gasteiger charge is 2.24. The topological polar surface area (TPSA) is 70.6 Å². The number of carbonyl (C=O) groups is 1. The van der Waals surface area contributed by atoms with Crippen molar-refractivity contribution in [1.29, 1.82) is 0 Å². The summed E-state index contributed by atoms with van der Waals surface area (Å²) in [4.78, 5) is 11.9. The zero-order valence-corrected chi connectivity index (χ0v) is 11.1. The molecule has 0 aromatic heterocycles. The number of ether oxygens (including phenoxy) is 1. The summed E-state index contributed by atoms with van der Waals surface area (Å²) < 4.78 is 5.09. The minimum absolute atomic E-state index is 0.153. The van der Waals surface area contributed by atoms with E-state index in [0.29, 0.717) is 11.4 Å². The lowest BCUT2D eigenvalue weighted by molar-refractivity contribution is 0.0955. The summed E-state index contributed by atoms with van der Waals surface area (Å²) in [6.07, 6.45) is 3.21. The van der Waals surface area contributed by atoms with Crippen molar-refractivity contribution in [2.75, 3.05) is 12.4 Å². The summed E-state index contributed by atoms with van der Waals surface area (Å²) in [6, 6.07) is 6.72. The van der Waals surface area contributed by atoms with Crippen LogP contribution in [0.25, 0.3) is 0 Å². The van der Waals surface area contributed by atoms with Gasteiger partial charge in [-0.3, -0.25) is 0 Å². The van der Waals surface area contributed by atoms with E-state index in [9.17, 15) is 9.90 Å². The first-order chi connectivity index (χ1) is 9.19. The standard InChI is InChI=1S/C14H20N2O3/c1-19-11-6-4-5-10(9-11)15-14(18)16-12-7-2-3-8-13(12)17/h4-6,9,12-13,17H,2-3,7-8H2,1H3,(H2,15,16,18)/t12-,13-/m0/s1. The predicted octanol–water partition coefficient (Wildman–Crippen LogP) is 2.12. The van der Waals surface area contributed by atoms with Crippen molar-refractivity contribution < 1.29 is 14.6 Å². The number of anilines is 1. The number of carbonyl (C=O) groups excluding carboxylic acids is 1. The molecule has 0 bridgehead atoms. The maximum Gasteiger partial charge on any atom is 0.319 e. The third-order valence-electron chi connectivity index (χ3n) is 3.37. The first kappa shape index (κ1) is 13.7. The van der Waals surface area contributed by atoms with Gasteiger partial charge in [-0.25, -0.2) is 4.79 Å². The van der Waals surface area contributed by atoms with Crippen LogP contribution in [0.3, 0.4) is 0 Å². The van der Waals surface area contributed by atoms with Gasteiger partial charge in [0.25, 0.3) is 0 Å². The molecule has 2 rings (SSSR count). The third kappa shape index (κ3) is 3.86. The van der Waals surface area contributed by atoms with Crippen molar-refractivity contribution in [3.05, 3.63) is 24.3 Å². The highest BCUT2D eigenvalue weighted by atomic mass is 16.5. The van der Waals surface area contributed by atoms with Crippen LogP contribution >= 0.6 is 0 Å². The second-order valence-electron chi connectivity index (χ2n) is 4.79. The van der Waals surface area contributed by atoms with Crippen molar-refractivity contribution in [3.63, 3.8) is 0 Å². The van der Waals surface area contributed by atoms with Crippen LogP contribution in [0.4, 0.5) is 10.5 Å². The van der Waals surface area contributed by atoms with Gasteiger partial charge in [0, 0.05) is 11.8 Å². The first-order valence-corrected chi connectivity index (χ1v) is 6.58. The Labute approximate surface area is 113 Å². The summed E-state index contributed by atoms with van der Waals surface area (Å²) in [6.45, 7) is 0. The van der Waals surface area contributed by atoms with Gasteiger partial charge < -0.3 is 20.5 Å². The molecule has 1 fully saturated rings. The second-order valence-corrected chi connectivity index (χ2v) is 4.79. The van der Waals surface area contributed by atoms with E-state index < -0.39 is 6.10 Å². The number of aliphatic hydroxyl groups is 1. The van der Waals surface area contributed by atoms with Crippen molar-refractivity contribution in [3.8, 4) is 5.75 Å². The van der Waals surface area contributed by atoms with Gasteiger partial charge in [-0.1, -0.05) is 18.9 Å². The molecule has 5 heteroatoms. The van der Waals surface area contributed by atoms with Gasteiger partial charge >= 0.3 is 6.03 Å². The maximum atomic E-state index is 11.9. The molecule has 2 amide bonds. The Kier molecular flexibility index (Phi) is 4.63. The molecule has 1 aliphatic carbocycles. The summed E-state index contributed by atoms with van der Waals surface area (Å²) in [5, 5.41) is 15.4. The lowest BCUT2D eigenvalue weighted by atomic mass is 9.93.